The molecule has 0 spiro atoms. The highest BCUT2D eigenvalue weighted by Gasteiger charge is 2.24. The number of carbonyl (C=O) groups is 1. The molecule has 8 nitrogen and oxygen atoms in total. The normalized spacial score (nSPS) is 18.1. The van der Waals surface area contributed by atoms with Gasteiger partial charge >= 0.3 is 0 Å². The van der Waals surface area contributed by atoms with Gasteiger partial charge in [-0.2, -0.15) is 10.2 Å². The summed E-state index contributed by atoms with van der Waals surface area (Å²) in [6.07, 6.45) is 5.64. The van der Waals surface area contributed by atoms with Gasteiger partial charge in [-0.05, 0) is 25.8 Å². The zero-order valence-corrected chi connectivity index (χ0v) is 16.9. The molecule has 152 valence electrons. The number of rotatable bonds is 5. The van der Waals surface area contributed by atoms with Gasteiger partial charge in [-0.15, -0.1) is 0 Å². The van der Waals surface area contributed by atoms with Crippen LogP contribution in [-0.4, -0.2) is 68.1 Å². The van der Waals surface area contributed by atoms with E-state index in [9.17, 15) is 4.79 Å². The molecular formula is C20H30N6O2. The quantitative estimate of drug-likeness (QED) is 0.773. The Morgan fingerprint density at radius 2 is 2.14 bits per heavy atom. The van der Waals surface area contributed by atoms with Gasteiger partial charge in [-0.1, -0.05) is 0 Å². The summed E-state index contributed by atoms with van der Waals surface area (Å²) in [4.78, 5) is 17.0. The Morgan fingerprint density at radius 1 is 1.25 bits per heavy atom. The molecule has 1 fully saturated rings. The van der Waals surface area contributed by atoms with Gasteiger partial charge in [0.25, 0.3) is 0 Å². The van der Waals surface area contributed by atoms with E-state index < -0.39 is 0 Å². The second-order valence-electron chi connectivity index (χ2n) is 7.72. The Kier molecular flexibility index (Phi) is 5.77. The van der Waals surface area contributed by atoms with Crippen LogP contribution >= 0.6 is 0 Å². The van der Waals surface area contributed by atoms with Crippen molar-refractivity contribution in [2.45, 2.75) is 52.9 Å². The molecule has 2 aromatic rings. The summed E-state index contributed by atoms with van der Waals surface area (Å²) >= 11 is 0. The van der Waals surface area contributed by atoms with E-state index >= 15 is 0 Å². The first-order chi connectivity index (χ1) is 13.6. The molecule has 0 atom stereocenters. The predicted octanol–water partition coefficient (Wildman–Crippen LogP) is 1.22. The number of hydrogen-bond donors (Lipinski definition) is 0. The summed E-state index contributed by atoms with van der Waals surface area (Å²) in [6.45, 7) is 11.1. The number of aromatic nitrogens is 4. The van der Waals surface area contributed by atoms with E-state index in [1.807, 2.05) is 18.0 Å². The van der Waals surface area contributed by atoms with E-state index in [4.69, 9.17) is 9.84 Å². The molecule has 0 aromatic carbocycles. The first kappa shape index (κ1) is 19.1. The highest BCUT2D eigenvalue weighted by atomic mass is 16.5. The number of aryl methyl sites for hydroxylation is 2. The van der Waals surface area contributed by atoms with Crippen LogP contribution in [0.25, 0.3) is 0 Å². The van der Waals surface area contributed by atoms with Crippen molar-refractivity contribution in [3.8, 4) is 0 Å². The van der Waals surface area contributed by atoms with E-state index in [0.717, 1.165) is 70.0 Å². The van der Waals surface area contributed by atoms with Crippen LogP contribution < -0.4 is 0 Å². The molecule has 0 saturated carbocycles. The Labute approximate surface area is 166 Å². The van der Waals surface area contributed by atoms with Gasteiger partial charge in [0.1, 0.15) is 6.54 Å². The predicted molar refractivity (Wildman–Crippen MR) is 105 cm³/mol. The Hall–Kier alpha value is -2.19. The van der Waals surface area contributed by atoms with Gasteiger partial charge in [0, 0.05) is 63.1 Å². The average Bonchev–Trinajstić information content (AvgIpc) is 3.17. The SMILES string of the molecule is CCn1nc(CN2CCCN(C(=O)Cn3cc(C)cn3)CC2)c2c1CCOC2. The van der Waals surface area contributed by atoms with E-state index in [-0.39, 0.29) is 5.91 Å². The Morgan fingerprint density at radius 3 is 2.93 bits per heavy atom. The molecule has 2 aliphatic rings. The van der Waals surface area contributed by atoms with Gasteiger partial charge < -0.3 is 9.64 Å². The van der Waals surface area contributed by atoms with Crippen molar-refractivity contribution in [1.82, 2.24) is 29.4 Å². The molecule has 0 radical (unpaired) electrons. The zero-order valence-electron chi connectivity index (χ0n) is 16.9. The number of nitrogens with zero attached hydrogens (tertiary/aromatic N) is 6. The minimum atomic E-state index is 0.144. The van der Waals surface area contributed by atoms with Gasteiger partial charge in [-0.3, -0.25) is 19.1 Å². The summed E-state index contributed by atoms with van der Waals surface area (Å²) in [5.41, 5.74) is 4.83. The lowest BCUT2D eigenvalue weighted by molar-refractivity contribution is -0.131. The fraction of sp³-hybridized carbons (Fsp3) is 0.650. The van der Waals surface area contributed by atoms with Crippen LogP contribution in [-0.2, 0) is 42.2 Å². The number of amides is 1. The van der Waals surface area contributed by atoms with Crippen LogP contribution in [0.3, 0.4) is 0 Å². The number of carbonyl (C=O) groups excluding carboxylic acids is 1. The van der Waals surface area contributed by atoms with Crippen LogP contribution in [0.1, 0.15) is 35.9 Å². The summed E-state index contributed by atoms with van der Waals surface area (Å²) in [6, 6.07) is 0. The molecule has 2 aliphatic heterocycles. The lowest BCUT2D eigenvalue weighted by Gasteiger charge is -2.22. The van der Waals surface area contributed by atoms with Crippen molar-refractivity contribution >= 4 is 5.91 Å². The van der Waals surface area contributed by atoms with Gasteiger partial charge in [0.15, 0.2) is 0 Å². The van der Waals surface area contributed by atoms with Gasteiger partial charge in [0.2, 0.25) is 5.91 Å². The van der Waals surface area contributed by atoms with E-state index in [0.29, 0.717) is 13.2 Å². The van der Waals surface area contributed by atoms with Crippen molar-refractivity contribution in [1.29, 1.82) is 0 Å². The van der Waals surface area contributed by atoms with Crippen LogP contribution in [0.2, 0.25) is 0 Å². The van der Waals surface area contributed by atoms with Crippen molar-refractivity contribution in [2.75, 3.05) is 32.8 Å². The number of fused-ring (bicyclic) bond motifs is 1. The molecule has 2 aromatic heterocycles. The number of ether oxygens (including phenoxy) is 1. The third kappa shape index (κ3) is 4.12. The summed E-state index contributed by atoms with van der Waals surface area (Å²) in [5, 5.41) is 9.08. The summed E-state index contributed by atoms with van der Waals surface area (Å²) in [5.74, 6) is 0.144. The second-order valence-corrected chi connectivity index (χ2v) is 7.72. The third-order valence-corrected chi connectivity index (χ3v) is 5.65. The van der Waals surface area contributed by atoms with E-state index in [1.165, 1.54) is 11.3 Å². The Bertz CT molecular complexity index is 827. The van der Waals surface area contributed by atoms with Gasteiger partial charge in [0.05, 0.1) is 25.1 Å². The van der Waals surface area contributed by atoms with E-state index in [1.54, 1.807) is 10.9 Å². The van der Waals surface area contributed by atoms with Crippen LogP contribution in [0.5, 0.6) is 0 Å². The molecule has 0 bridgehead atoms. The lowest BCUT2D eigenvalue weighted by Crippen LogP contribution is -2.37. The first-order valence-electron chi connectivity index (χ1n) is 10.3. The molecule has 4 rings (SSSR count). The molecule has 8 heteroatoms. The van der Waals surface area contributed by atoms with Crippen molar-refractivity contribution in [2.24, 2.45) is 0 Å². The largest absolute Gasteiger partial charge is 0.376 e. The molecule has 0 aliphatic carbocycles. The van der Waals surface area contributed by atoms with Crippen LogP contribution in [0, 0.1) is 6.92 Å². The fourth-order valence-electron chi connectivity index (χ4n) is 4.15. The highest BCUT2D eigenvalue weighted by Crippen LogP contribution is 2.22. The van der Waals surface area contributed by atoms with Crippen molar-refractivity contribution in [3.05, 3.63) is 34.9 Å². The standard InChI is InChI=1S/C20H30N6O2/c1-3-26-19-5-10-28-15-17(19)18(22-26)13-23-6-4-7-24(9-8-23)20(27)14-25-12-16(2)11-21-25/h11-12H,3-10,13-15H2,1-2H3. The molecule has 4 heterocycles. The molecule has 0 N–H and O–H groups in total. The third-order valence-electron chi connectivity index (χ3n) is 5.65. The second kappa shape index (κ2) is 8.45. The fourth-order valence-corrected chi connectivity index (χ4v) is 4.15. The summed E-state index contributed by atoms with van der Waals surface area (Å²) < 4.78 is 9.54. The average molecular weight is 387 g/mol. The highest BCUT2D eigenvalue weighted by molar-refractivity contribution is 5.75. The van der Waals surface area contributed by atoms with Crippen molar-refractivity contribution in [3.63, 3.8) is 0 Å². The molecule has 1 saturated heterocycles. The van der Waals surface area contributed by atoms with Crippen molar-refractivity contribution < 1.29 is 9.53 Å². The van der Waals surface area contributed by atoms with E-state index in [2.05, 4.69) is 21.6 Å². The minimum absolute atomic E-state index is 0.144. The maximum Gasteiger partial charge on any atom is 0.244 e. The summed E-state index contributed by atoms with van der Waals surface area (Å²) in [7, 11) is 0. The molecule has 1 amide bonds. The van der Waals surface area contributed by atoms with Gasteiger partial charge in [-0.25, -0.2) is 0 Å². The molecule has 28 heavy (non-hydrogen) atoms. The minimum Gasteiger partial charge on any atom is -0.376 e. The van der Waals surface area contributed by atoms with Crippen LogP contribution in [0.4, 0.5) is 0 Å². The maximum absolute atomic E-state index is 12.6. The topological polar surface area (TPSA) is 68.4 Å². The monoisotopic (exact) mass is 386 g/mol. The maximum atomic E-state index is 12.6. The molecule has 0 unspecified atom stereocenters. The zero-order chi connectivity index (χ0) is 19.5. The lowest BCUT2D eigenvalue weighted by atomic mass is 10.1. The smallest absolute Gasteiger partial charge is 0.244 e. The first-order valence-corrected chi connectivity index (χ1v) is 10.3. The Balaban J connectivity index is 1.37. The number of hydrogen-bond acceptors (Lipinski definition) is 5. The van der Waals surface area contributed by atoms with Crippen LogP contribution in [0.15, 0.2) is 12.4 Å². The molecular weight excluding hydrogens is 356 g/mol.